The highest BCUT2D eigenvalue weighted by Gasteiger charge is 2.18. The lowest BCUT2D eigenvalue weighted by Crippen LogP contribution is -2.56. The van der Waals surface area contributed by atoms with Crippen molar-refractivity contribution in [2.45, 2.75) is 6.17 Å². The van der Waals surface area contributed by atoms with Crippen molar-refractivity contribution in [3.05, 3.63) is 34.3 Å². The standard InChI is InChI=1S/C9H8BrN3S2/c10-6-3-1-5(2-4-6)7-11-8(14)13-9(15)12-7/h1-4,7H,(H3,11,12,13,14,15). The fourth-order valence-electron chi connectivity index (χ4n) is 1.30. The van der Waals surface area contributed by atoms with Crippen molar-refractivity contribution in [2.75, 3.05) is 0 Å². The van der Waals surface area contributed by atoms with Crippen LogP contribution < -0.4 is 16.0 Å². The summed E-state index contributed by atoms with van der Waals surface area (Å²) in [5.41, 5.74) is 1.09. The molecule has 0 saturated carbocycles. The van der Waals surface area contributed by atoms with Gasteiger partial charge in [-0.25, -0.2) is 0 Å². The van der Waals surface area contributed by atoms with E-state index in [1.807, 2.05) is 24.3 Å². The summed E-state index contributed by atoms with van der Waals surface area (Å²) >= 11 is 13.4. The fraction of sp³-hybridized carbons (Fsp3) is 0.111. The number of benzene rings is 1. The Bertz CT molecular complexity index is 388. The molecule has 3 nitrogen and oxygen atoms in total. The molecule has 0 aliphatic carbocycles. The Morgan fingerprint density at radius 2 is 1.53 bits per heavy atom. The van der Waals surface area contributed by atoms with Crippen molar-refractivity contribution < 1.29 is 0 Å². The first-order valence-electron chi connectivity index (χ1n) is 4.28. The Morgan fingerprint density at radius 3 is 2.07 bits per heavy atom. The smallest absolute Gasteiger partial charge is 0.174 e. The van der Waals surface area contributed by atoms with Crippen LogP contribution in [0.4, 0.5) is 0 Å². The summed E-state index contributed by atoms with van der Waals surface area (Å²) in [5, 5.41) is 10.1. The van der Waals surface area contributed by atoms with E-state index in [1.165, 1.54) is 0 Å². The van der Waals surface area contributed by atoms with Crippen LogP contribution in [0.1, 0.15) is 11.7 Å². The third-order valence-corrected chi connectivity index (χ3v) is 2.95. The van der Waals surface area contributed by atoms with Crippen LogP contribution in [-0.2, 0) is 0 Å². The number of nitrogens with one attached hydrogen (secondary N) is 3. The molecular weight excluding hydrogens is 294 g/mol. The second-order valence-electron chi connectivity index (χ2n) is 3.06. The van der Waals surface area contributed by atoms with Gasteiger partial charge in [-0.05, 0) is 42.1 Å². The third-order valence-electron chi connectivity index (χ3n) is 1.98. The summed E-state index contributed by atoms with van der Waals surface area (Å²) in [5.74, 6) is 0. The molecule has 1 aromatic carbocycles. The van der Waals surface area contributed by atoms with Gasteiger partial charge in [0.15, 0.2) is 10.2 Å². The molecule has 1 fully saturated rings. The van der Waals surface area contributed by atoms with E-state index in [0.717, 1.165) is 10.0 Å². The number of hydrogen-bond acceptors (Lipinski definition) is 2. The SMILES string of the molecule is S=C1NC(=S)NC(c2ccc(Br)cc2)N1. The van der Waals surface area contributed by atoms with Crippen LogP contribution in [0, 0.1) is 0 Å². The lowest BCUT2D eigenvalue weighted by atomic mass is 10.1. The Kier molecular flexibility index (Phi) is 3.18. The summed E-state index contributed by atoms with van der Waals surface area (Å²) < 4.78 is 1.05. The number of halogens is 1. The predicted octanol–water partition coefficient (Wildman–Crippen LogP) is 1.80. The van der Waals surface area contributed by atoms with E-state index in [9.17, 15) is 0 Å². The van der Waals surface area contributed by atoms with Gasteiger partial charge in [0.25, 0.3) is 0 Å². The lowest BCUT2D eigenvalue weighted by Gasteiger charge is -2.29. The highest BCUT2D eigenvalue weighted by molar-refractivity contribution is 9.10. The van der Waals surface area contributed by atoms with Gasteiger partial charge in [0, 0.05) is 4.47 Å². The molecule has 78 valence electrons. The van der Waals surface area contributed by atoms with Crippen LogP contribution in [0.15, 0.2) is 28.7 Å². The first kappa shape index (κ1) is 10.8. The molecule has 0 amide bonds. The van der Waals surface area contributed by atoms with E-state index in [4.69, 9.17) is 24.4 Å². The molecule has 0 spiro atoms. The molecule has 1 aliphatic rings. The highest BCUT2D eigenvalue weighted by Crippen LogP contribution is 2.16. The van der Waals surface area contributed by atoms with Gasteiger partial charge in [-0.2, -0.15) is 0 Å². The van der Waals surface area contributed by atoms with E-state index in [-0.39, 0.29) is 6.17 Å². The van der Waals surface area contributed by atoms with Gasteiger partial charge in [0.2, 0.25) is 0 Å². The molecule has 1 aliphatic heterocycles. The molecule has 3 N–H and O–H groups in total. The minimum absolute atomic E-state index is 0.0562. The second kappa shape index (κ2) is 4.42. The van der Waals surface area contributed by atoms with Crippen molar-refractivity contribution in [3.8, 4) is 0 Å². The van der Waals surface area contributed by atoms with Crippen LogP contribution >= 0.6 is 40.4 Å². The Hall–Kier alpha value is -0.720. The zero-order valence-electron chi connectivity index (χ0n) is 7.58. The van der Waals surface area contributed by atoms with Crippen LogP contribution in [0.2, 0.25) is 0 Å². The molecule has 1 saturated heterocycles. The van der Waals surface area contributed by atoms with Crippen molar-refractivity contribution in [1.29, 1.82) is 0 Å². The van der Waals surface area contributed by atoms with Gasteiger partial charge in [-0.15, -0.1) is 0 Å². The molecule has 0 aromatic heterocycles. The Labute approximate surface area is 107 Å². The second-order valence-corrected chi connectivity index (χ2v) is 4.79. The molecule has 6 heteroatoms. The fourth-order valence-corrected chi connectivity index (χ4v) is 2.06. The maximum atomic E-state index is 5.03. The van der Waals surface area contributed by atoms with Gasteiger partial charge < -0.3 is 16.0 Å². The van der Waals surface area contributed by atoms with Crippen molar-refractivity contribution in [3.63, 3.8) is 0 Å². The zero-order valence-corrected chi connectivity index (χ0v) is 10.8. The summed E-state index contributed by atoms with van der Waals surface area (Å²) in [6.45, 7) is 0. The summed E-state index contributed by atoms with van der Waals surface area (Å²) in [6.07, 6.45) is -0.0562. The summed E-state index contributed by atoms with van der Waals surface area (Å²) in [6, 6.07) is 7.97. The molecule has 0 bridgehead atoms. The molecule has 0 radical (unpaired) electrons. The highest BCUT2D eigenvalue weighted by atomic mass is 79.9. The molecule has 15 heavy (non-hydrogen) atoms. The van der Waals surface area contributed by atoms with Gasteiger partial charge in [-0.3, -0.25) is 0 Å². The van der Waals surface area contributed by atoms with Gasteiger partial charge >= 0.3 is 0 Å². The molecule has 0 unspecified atom stereocenters. The number of rotatable bonds is 1. The van der Waals surface area contributed by atoms with Crippen LogP contribution in [-0.4, -0.2) is 10.2 Å². The predicted molar refractivity (Wildman–Crippen MR) is 71.5 cm³/mol. The maximum Gasteiger partial charge on any atom is 0.174 e. The Balaban J connectivity index is 2.19. The topological polar surface area (TPSA) is 36.1 Å². The largest absolute Gasteiger partial charge is 0.338 e. The zero-order chi connectivity index (χ0) is 10.8. The molecular formula is C9H8BrN3S2. The third kappa shape index (κ3) is 2.64. The van der Waals surface area contributed by atoms with Crippen molar-refractivity contribution in [1.82, 2.24) is 16.0 Å². The Morgan fingerprint density at radius 1 is 1.00 bits per heavy atom. The van der Waals surface area contributed by atoms with Gasteiger partial charge in [0.05, 0.1) is 0 Å². The average molecular weight is 302 g/mol. The first-order chi connectivity index (χ1) is 7.15. The average Bonchev–Trinajstić information content (AvgIpc) is 2.17. The van der Waals surface area contributed by atoms with E-state index < -0.39 is 0 Å². The van der Waals surface area contributed by atoms with Gasteiger partial charge in [-0.1, -0.05) is 28.1 Å². The number of thiocarbonyl (C=S) groups is 2. The van der Waals surface area contributed by atoms with Crippen LogP contribution in [0.3, 0.4) is 0 Å². The quantitative estimate of drug-likeness (QED) is 0.690. The van der Waals surface area contributed by atoms with E-state index in [1.54, 1.807) is 0 Å². The van der Waals surface area contributed by atoms with Crippen molar-refractivity contribution in [2.24, 2.45) is 0 Å². The van der Waals surface area contributed by atoms with E-state index >= 15 is 0 Å². The summed E-state index contributed by atoms with van der Waals surface area (Å²) in [4.78, 5) is 0. The van der Waals surface area contributed by atoms with Crippen LogP contribution in [0.5, 0.6) is 0 Å². The normalized spacial score (nSPS) is 16.6. The monoisotopic (exact) mass is 301 g/mol. The van der Waals surface area contributed by atoms with E-state index in [2.05, 4.69) is 31.9 Å². The van der Waals surface area contributed by atoms with E-state index in [0.29, 0.717) is 10.2 Å². The lowest BCUT2D eigenvalue weighted by molar-refractivity contribution is 0.585. The minimum atomic E-state index is -0.0562. The number of hydrogen-bond donors (Lipinski definition) is 3. The molecule has 2 rings (SSSR count). The minimum Gasteiger partial charge on any atom is -0.338 e. The first-order valence-corrected chi connectivity index (χ1v) is 5.89. The van der Waals surface area contributed by atoms with Crippen molar-refractivity contribution >= 4 is 50.6 Å². The van der Waals surface area contributed by atoms with Gasteiger partial charge in [0.1, 0.15) is 6.17 Å². The molecule has 1 aromatic rings. The molecule has 0 atom stereocenters. The molecule has 1 heterocycles. The van der Waals surface area contributed by atoms with Crippen LogP contribution in [0.25, 0.3) is 0 Å². The summed E-state index contributed by atoms with van der Waals surface area (Å²) in [7, 11) is 0. The maximum absolute atomic E-state index is 5.03.